The van der Waals surface area contributed by atoms with E-state index in [2.05, 4.69) is 18.7 Å². The van der Waals surface area contributed by atoms with E-state index in [-0.39, 0.29) is 11.6 Å². The molecule has 0 aromatic heterocycles. The summed E-state index contributed by atoms with van der Waals surface area (Å²) in [6.45, 7) is 5.38. The zero-order valence-corrected chi connectivity index (χ0v) is 11.9. The van der Waals surface area contributed by atoms with Crippen molar-refractivity contribution in [2.75, 3.05) is 25.2 Å². The van der Waals surface area contributed by atoms with Gasteiger partial charge in [-0.05, 0) is 25.0 Å². The molecule has 0 saturated heterocycles. The van der Waals surface area contributed by atoms with Crippen LogP contribution >= 0.6 is 0 Å². The first-order valence-electron chi connectivity index (χ1n) is 6.68. The summed E-state index contributed by atoms with van der Waals surface area (Å²) in [6, 6.07) is 5.02. The molecule has 0 aliphatic rings. The van der Waals surface area contributed by atoms with Crippen LogP contribution in [0.4, 0.5) is 10.1 Å². The smallest absolute Gasteiger partial charge is 0.155 e. The zero-order chi connectivity index (χ0) is 14.3. The van der Waals surface area contributed by atoms with Crippen molar-refractivity contribution in [2.24, 2.45) is 0 Å². The van der Waals surface area contributed by atoms with Crippen molar-refractivity contribution < 1.29 is 13.9 Å². The normalized spacial score (nSPS) is 10.8. The van der Waals surface area contributed by atoms with Crippen LogP contribution in [0.1, 0.15) is 37.0 Å². The largest absolute Gasteiger partial charge is 0.383 e. The molecule has 0 fully saturated rings. The van der Waals surface area contributed by atoms with Gasteiger partial charge in [-0.3, -0.25) is 4.79 Å². The molecule has 0 bridgehead atoms. The van der Waals surface area contributed by atoms with Crippen LogP contribution in [-0.4, -0.2) is 32.6 Å². The number of methoxy groups -OCH3 is 1. The molecule has 0 radical (unpaired) electrons. The maximum atomic E-state index is 13.7. The van der Waals surface area contributed by atoms with E-state index in [0.29, 0.717) is 25.1 Å². The van der Waals surface area contributed by atoms with Crippen LogP contribution in [-0.2, 0) is 4.74 Å². The third kappa shape index (κ3) is 3.77. The minimum absolute atomic E-state index is 0.130. The second-order valence-corrected chi connectivity index (χ2v) is 4.45. The third-order valence-electron chi connectivity index (χ3n) is 3.38. The van der Waals surface area contributed by atoms with E-state index in [9.17, 15) is 9.18 Å². The second kappa shape index (κ2) is 7.89. The summed E-state index contributed by atoms with van der Waals surface area (Å²) in [6.07, 6.45) is 2.47. The van der Waals surface area contributed by atoms with Crippen molar-refractivity contribution in [3.05, 3.63) is 29.6 Å². The number of nitrogens with zero attached hydrogens (tertiary/aromatic N) is 1. The molecule has 0 saturated carbocycles. The number of carbonyl (C=O) groups is 1. The topological polar surface area (TPSA) is 29.5 Å². The highest BCUT2D eigenvalue weighted by atomic mass is 19.1. The highest BCUT2D eigenvalue weighted by molar-refractivity contribution is 5.85. The fourth-order valence-electron chi connectivity index (χ4n) is 2.31. The fraction of sp³-hybridized carbons (Fsp3) is 0.533. The monoisotopic (exact) mass is 267 g/mol. The van der Waals surface area contributed by atoms with E-state index >= 15 is 0 Å². The van der Waals surface area contributed by atoms with E-state index in [1.807, 2.05) is 0 Å². The molecule has 4 heteroatoms. The maximum absolute atomic E-state index is 13.7. The van der Waals surface area contributed by atoms with Crippen molar-refractivity contribution in [1.82, 2.24) is 0 Å². The number of ether oxygens (including phenoxy) is 1. The van der Waals surface area contributed by atoms with Gasteiger partial charge in [0.2, 0.25) is 0 Å². The molecule has 0 N–H and O–H groups in total. The zero-order valence-electron chi connectivity index (χ0n) is 11.9. The molecule has 0 spiro atoms. The Morgan fingerprint density at radius 3 is 2.58 bits per heavy atom. The highest BCUT2D eigenvalue weighted by Crippen LogP contribution is 2.25. The Kier molecular flexibility index (Phi) is 6.50. The minimum atomic E-state index is -0.471. The van der Waals surface area contributed by atoms with Gasteiger partial charge < -0.3 is 9.64 Å². The van der Waals surface area contributed by atoms with Crippen LogP contribution in [0.25, 0.3) is 0 Å². The van der Waals surface area contributed by atoms with Crippen molar-refractivity contribution in [2.45, 2.75) is 32.7 Å². The van der Waals surface area contributed by atoms with E-state index in [0.717, 1.165) is 12.8 Å². The van der Waals surface area contributed by atoms with Gasteiger partial charge in [-0.1, -0.05) is 19.9 Å². The maximum Gasteiger partial charge on any atom is 0.155 e. The van der Waals surface area contributed by atoms with Crippen LogP contribution in [0.3, 0.4) is 0 Å². The first kappa shape index (κ1) is 15.6. The molecular weight excluding hydrogens is 245 g/mol. The number of anilines is 1. The lowest BCUT2D eigenvalue weighted by molar-refractivity contribution is 0.112. The van der Waals surface area contributed by atoms with Gasteiger partial charge in [0.1, 0.15) is 5.82 Å². The Morgan fingerprint density at radius 2 is 2.05 bits per heavy atom. The Bertz CT molecular complexity index is 405. The van der Waals surface area contributed by atoms with Gasteiger partial charge in [0, 0.05) is 19.7 Å². The van der Waals surface area contributed by atoms with Crippen molar-refractivity contribution in [3.63, 3.8) is 0 Å². The van der Waals surface area contributed by atoms with Crippen LogP contribution in [0.5, 0.6) is 0 Å². The van der Waals surface area contributed by atoms with Crippen LogP contribution in [0.2, 0.25) is 0 Å². The van der Waals surface area contributed by atoms with Crippen molar-refractivity contribution in [1.29, 1.82) is 0 Å². The van der Waals surface area contributed by atoms with E-state index in [1.54, 1.807) is 19.2 Å². The van der Waals surface area contributed by atoms with E-state index in [4.69, 9.17) is 4.74 Å². The molecule has 3 nitrogen and oxygen atoms in total. The molecule has 1 rings (SSSR count). The number of benzene rings is 1. The Labute approximate surface area is 114 Å². The van der Waals surface area contributed by atoms with Gasteiger partial charge in [-0.25, -0.2) is 4.39 Å². The Balaban J connectivity index is 3.15. The second-order valence-electron chi connectivity index (χ2n) is 4.45. The summed E-state index contributed by atoms with van der Waals surface area (Å²) in [5, 5.41) is 0. The molecule has 0 heterocycles. The van der Waals surface area contributed by atoms with Crippen LogP contribution in [0, 0.1) is 5.82 Å². The van der Waals surface area contributed by atoms with Gasteiger partial charge >= 0.3 is 0 Å². The molecule has 106 valence electrons. The predicted molar refractivity (Wildman–Crippen MR) is 75.4 cm³/mol. The lowest BCUT2D eigenvalue weighted by Crippen LogP contribution is -2.37. The first-order chi connectivity index (χ1) is 9.19. The van der Waals surface area contributed by atoms with Crippen LogP contribution < -0.4 is 4.90 Å². The molecule has 0 atom stereocenters. The van der Waals surface area contributed by atoms with Crippen molar-refractivity contribution >= 4 is 12.0 Å². The Hall–Kier alpha value is -1.42. The number of hydrogen-bond donors (Lipinski definition) is 0. The quantitative estimate of drug-likeness (QED) is 0.677. The fourth-order valence-corrected chi connectivity index (χ4v) is 2.31. The summed E-state index contributed by atoms with van der Waals surface area (Å²) in [7, 11) is 1.64. The third-order valence-corrected chi connectivity index (χ3v) is 3.38. The predicted octanol–water partition coefficient (Wildman–Crippen LogP) is 3.28. The van der Waals surface area contributed by atoms with Gasteiger partial charge in [0.15, 0.2) is 6.29 Å². The summed E-state index contributed by atoms with van der Waals surface area (Å²) in [5.74, 6) is -0.471. The number of rotatable bonds is 8. The molecule has 0 amide bonds. The summed E-state index contributed by atoms with van der Waals surface area (Å²) in [5.41, 5.74) is 0.784. The van der Waals surface area contributed by atoms with Gasteiger partial charge in [0.05, 0.1) is 17.9 Å². The van der Waals surface area contributed by atoms with Crippen molar-refractivity contribution in [3.8, 4) is 0 Å². The Morgan fingerprint density at radius 1 is 1.37 bits per heavy atom. The molecule has 19 heavy (non-hydrogen) atoms. The number of carbonyl (C=O) groups excluding carboxylic acids is 1. The first-order valence-corrected chi connectivity index (χ1v) is 6.68. The van der Waals surface area contributed by atoms with Gasteiger partial charge in [-0.2, -0.15) is 0 Å². The molecule has 1 aromatic carbocycles. The standard InChI is InChI=1S/C15H22FNO2/c1-4-12(5-2)17(9-10-19-3)15-8-6-7-14(16)13(15)11-18/h6-8,11-12H,4-5,9-10H2,1-3H3. The van der Waals surface area contributed by atoms with Gasteiger partial charge in [0.25, 0.3) is 0 Å². The van der Waals surface area contributed by atoms with Crippen LogP contribution in [0.15, 0.2) is 18.2 Å². The molecule has 0 aliphatic carbocycles. The van der Waals surface area contributed by atoms with E-state index < -0.39 is 5.82 Å². The highest BCUT2D eigenvalue weighted by Gasteiger charge is 2.20. The number of aldehydes is 1. The molecule has 0 aliphatic heterocycles. The minimum Gasteiger partial charge on any atom is -0.383 e. The SMILES string of the molecule is CCC(CC)N(CCOC)c1cccc(F)c1C=O. The molecule has 1 aromatic rings. The average molecular weight is 267 g/mol. The lowest BCUT2D eigenvalue weighted by atomic mass is 10.1. The number of hydrogen-bond acceptors (Lipinski definition) is 3. The summed E-state index contributed by atoms with van der Waals surface area (Å²) >= 11 is 0. The summed E-state index contributed by atoms with van der Waals surface area (Å²) < 4.78 is 18.8. The molecule has 0 unspecified atom stereocenters. The van der Waals surface area contributed by atoms with E-state index in [1.165, 1.54) is 6.07 Å². The summed E-state index contributed by atoms with van der Waals surface area (Å²) in [4.78, 5) is 13.2. The lowest BCUT2D eigenvalue weighted by Gasteiger charge is -2.33. The number of halogens is 1. The molecular formula is C15H22FNO2. The van der Waals surface area contributed by atoms with Gasteiger partial charge in [-0.15, -0.1) is 0 Å². The average Bonchev–Trinajstić information content (AvgIpc) is 2.43.